The van der Waals surface area contributed by atoms with E-state index in [0.717, 1.165) is 11.3 Å². The van der Waals surface area contributed by atoms with Crippen molar-refractivity contribution in [2.24, 2.45) is 0 Å². The Morgan fingerprint density at radius 3 is 2.29 bits per heavy atom. The van der Waals surface area contributed by atoms with Crippen molar-refractivity contribution in [3.8, 4) is 11.5 Å². The maximum atomic E-state index is 10.4. The summed E-state index contributed by atoms with van der Waals surface area (Å²) < 4.78 is 0. The van der Waals surface area contributed by atoms with E-state index in [1.807, 2.05) is 36.4 Å². The second-order valence-corrected chi connectivity index (χ2v) is 10.7. The molecule has 0 spiro atoms. The van der Waals surface area contributed by atoms with Gasteiger partial charge in [-0.15, -0.1) is 18.7 Å². The first-order chi connectivity index (χ1) is 9.89. The number of nitrogens with zero attached hydrogens (tertiary/aromatic N) is 1. The molecule has 1 N–H and O–H groups in total. The van der Waals surface area contributed by atoms with Crippen LogP contribution in [0.3, 0.4) is 0 Å². The average molecular weight is 299 g/mol. The molecule has 3 heteroatoms. The summed E-state index contributed by atoms with van der Waals surface area (Å²) in [5, 5.41) is 10.4. The number of anilines is 1. The third kappa shape index (κ3) is 5.62. The first-order valence-electron chi connectivity index (χ1n) is 7.15. The Bertz CT molecular complexity index is 538. The number of para-hydroxylation sites is 1. The fraction of sp³-hybridized carbons (Fsp3) is 0.333. The van der Waals surface area contributed by atoms with Gasteiger partial charge in [0.05, 0.1) is 0 Å². The zero-order valence-electron chi connectivity index (χ0n) is 13.3. The highest BCUT2D eigenvalue weighted by atomic mass is 28.3. The predicted octanol–water partition coefficient (Wildman–Crippen LogP) is 3.78. The number of hydrogen-bond acceptors (Lipinski definition) is 2. The molecule has 1 aromatic rings. The minimum Gasteiger partial charge on any atom is -0.376 e. The lowest BCUT2D eigenvalue weighted by Crippen LogP contribution is -2.25. The second-order valence-electron chi connectivity index (χ2n) is 5.96. The molecule has 21 heavy (non-hydrogen) atoms. The Balaban J connectivity index is 3.14. The van der Waals surface area contributed by atoms with Crippen LogP contribution in [0, 0.1) is 11.5 Å². The van der Waals surface area contributed by atoms with Crippen molar-refractivity contribution < 1.29 is 5.11 Å². The van der Waals surface area contributed by atoms with Crippen molar-refractivity contribution in [1.29, 1.82) is 0 Å². The molecule has 0 aliphatic rings. The predicted molar refractivity (Wildman–Crippen MR) is 95.1 cm³/mol. The SMILES string of the molecule is C=CCN(CC=C)c1ccccc1C(O)C#C[Si](C)(C)C. The number of aliphatic hydroxyl groups is 1. The molecular weight excluding hydrogens is 274 g/mol. The minimum atomic E-state index is -1.49. The highest BCUT2D eigenvalue weighted by Crippen LogP contribution is 2.26. The van der Waals surface area contributed by atoms with E-state index in [0.29, 0.717) is 13.1 Å². The molecule has 1 rings (SSSR count). The van der Waals surface area contributed by atoms with E-state index in [4.69, 9.17) is 0 Å². The summed E-state index contributed by atoms with van der Waals surface area (Å²) in [6, 6.07) is 7.83. The van der Waals surface area contributed by atoms with Gasteiger partial charge >= 0.3 is 0 Å². The summed E-state index contributed by atoms with van der Waals surface area (Å²) in [6.07, 6.45) is 2.94. The van der Waals surface area contributed by atoms with Gasteiger partial charge in [0.15, 0.2) is 0 Å². The summed E-state index contributed by atoms with van der Waals surface area (Å²) in [5.41, 5.74) is 5.05. The normalized spacial score (nSPS) is 12.0. The molecule has 1 unspecified atom stereocenters. The van der Waals surface area contributed by atoms with E-state index in [1.165, 1.54) is 0 Å². The summed E-state index contributed by atoms with van der Waals surface area (Å²) in [6.45, 7) is 15.5. The van der Waals surface area contributed by atoms with E-state index < -0.39 is 14.2 Å². The van der Waals surface area contributed by atoms with Gasteiger partial charge in [0, 0.05) is 24.3 Å². The van der Waals surface area contributed by atoms with Gasteiger partial charge in [0.25, 0.3) is 0 Å². The van der Waals surface area contributed by atoms with Crippen molar-refractivity contribution in [1.82, 2.24) is 0 Å². The van der Waals surface area contributed by atoms with Crippen LogP contribution in [-0.4, -0.2) is 26.3 Å². The highest BCUT2D eigenvalue weighted by molar-refractivity contribution is 6.83. The Hall–Kier alpha value is -1.76. The maximum Gasteiger partial charge on any atom is 0.141 e. The number of benzene rings is 1. The molecule has 0 aliphatic heterocycles. The van der Waals surface area contributed by atoms with Gasteiger partial charge in [-0.05, 0) is 6.07 Å². The minimum absolute atomic E-state index is 0.706. The van der Waals surface area contributed by atoms with Crippen LogP contribution in [0.25, 0.3) is 0 Å². The van der Waals surface area contributed by atoms with Crippen molar-refractivity contribution in [2.75, 3.05) is 18.0 Å². The molecule has 0 aromatic heterocycles. The van der Waals surface area contributed by atoms with Crippen LogP contribution in [0.4, 0.5) is 5.69 Å². The monoisotopic (exact) mass is 299 g/mol. The zero-order chi connectivity index (χ0) is 15.9. The lowest BCUT2D eigenvalue weighted by Gasteiger charge is -2.25. The molecule has 0 saturated carbocycles. The molecular formula is C18H25NOSi. The Labute approximate surface area is 129 Å². The van der Waals surface area contributed by atoms with Gasteiger partial charge in [0.2, 0.25) is 0 Å². The first-order valence-corrected chi connectivity index (χ1v) is 10.7. The van der Waals surface area contributed by atoms with Crippen molar-refractivity contribution >= 4 is 13.8 Å². The van der Waals surface area contributed by atoms with Gasteiger partial charge in [-0.2, -0.15) is 0 Å². The largest absolute Gasteiger partial charge is 0.376 e. The maximum absolute atomic E-state index is 10.4. The Morgan fingerprint density at radius 1 is 1.19 bits per heavy atom. The number of aliphatic hydroxyl groups excluding tert-OH is 1. The van der Waals surface area contributed by atoms with Crippen LogP contribution in [0.1, 0.15) is 11.7 Å². The molecule has 1 atom stereocenters. The van der Waals surface area contributed by atoms with Crippen molar-refractivity contribution in [2.45, 2.75) is 25.7 Å². The summed E-state index contributed by atoms with van der Waals surface area (Å²) in [4.78, 5) is 2.12. The van der Waals surface area contributed by atoms with Crippen LogP contribution in [-0.2, 0) is 0 Å². The van der Waals surface area contributed by atoms with E-state index >= 15 is 0 Å². The van der Waals surface area contributed by atoms with Gasteiger partial charge < -0.3 is 10.0 Å². The summed E-state index contributed by atoms with van der Waals surface area (Å²) in [5.74, 6) is 3.01. The topological polar surface area (TPSA) is 23.5 Å². The summed E-state index contributed by atoms with van der Waals surface area (Å²) in [7, 11) is -1.49. The molecule has 2 nitrogen and oxygen atoms in total. The molecule has 0 radical (unpaired) electrons. The van der Waals surface area contributed by atoms with Gasteiger partial charge in [-0.3, -0.25) is 0 Å². The van der Waals surface area contributed by atoms with Crippen molar-refractivity contribution in [3.63, 3.8) is 0 Å². The Morgan fingerprint density at radius 2 is 1.76 bits per heavy atom. The fourth-order valence-electron chi connectivity index (χ4n) is 1.95. The molecule has 1 aromatic carbocycles. The first kappa shape index (κ1) is 17.3. The third-order valence-electron chi connectivity index (χ3n) is 2.85. The highest BCUT2D eigenvalue weighted by Gasteiger charge is 2.15. The smallest absolute Gasteiger partial charge is 0.141 e. The number of rotatable bonds is 6. The van der Waals surface area contributed by atoms with E-state index in [1.54, 1.807) is 0 Å². The molecule has 0 saturated heterocycles. The third-order valence-corrected chi connectivity index (χ3v) is 3.75. The quantitative estimate of drug-likeness (QED) is 0.491. The second kappa shape index (κ2) is 7.87. The van der Waals surface area contributed by atoms with Crippen LogP contribution in [0.15, 0.2) is 49.6 Å². The van der Waals surface area contributed by atoms with Crippen LogP contribution in [0.2, 0.25) is 19.6 Å². The van der Waals surface area contributed by atoms with Gasteiger partial charge in [-0.1, -0.05) is 55.9 Å². The van der Waals surface area contributed by atoms with E-state index in [9.17, 15) is 5.11 Å². The molecule has 0 amide bonds. The van der Waals surface area contributed by atoms with E-state index in [-0.39, 0.29) is 0 Å². The summed E-state index contributed by atoms with van der Waals surface area (Å²) >= 11 is 0. The van der Waals surface area contributed by atoms with Crippen molar-refractivity contribution in [3.05, 3.63) is 55.1 Å². The van der Waals surface area contributed by atoms with E-state index in [2.05, 4.69) is 49.2 Å². The molecule has 0 aliphatic carbocycles. The lowest BCUT2D eigenvalue weighted by molar-refractivity contribution is 0.239. The molecule has 0 heterocycles. The zero-order valence-corrected chi connectivity index (χ0v) is 14.3. The van der Waals surface area contributed by atoms with Gasteiger partial charge in [0.1, 0.15) is 14.2 Å². The molecule has 112 valence electrons. The van der Waals surface area contributed by atoms with Gasteiger partial charge in [-0.25, -0.2) is 0 Å². The lowest BCUT2D eigenvalue weighted by atomic mass is 10.1. The van der Waals surface area contributed by atoms with Crippen LogP contribution >= 0.6 is 0 Å². The standard InChI is InChI=1S/C18H25NOSi/c1-6-13-19(14-7-2)17-11-9-8-10-16(17)18(20)12-15-21(3,4)5/h6-11,18,20H,1-2,13-14H2,3-5H3. The van der Waals surface area contributed by atoms with Crippen LogP contribution < -0.4 is 4.90 Å². The molecule has 0 fully saturated rings. The number of hydrogen-bond donors (Lipinski definition) is 1. The average Bonchev–Trinajstić information content (AvgIpc) is 2.44. The molecule has 0 bridgehead atoms. The fourth-order valence-corrected chi connectivity index (χ4v) is 2.52. The van der Waals surface area contributed by atoms with Crippen LogP contribution in [0.5, 0.6) is 0 Å². The Kier molecular flexibility index (Phi) is 6.48.